The molecular formula is C17H27O4P. The van der Waals surface area contributed by atoms with Crippen LogP contribution < -0.4 is 0 Å². The number of aliphatic carboxylic acids is 1. The molecule has 0 aliphatic heterocycles. The lowest BCUT2D eigenvalue weighted by molar-refractivity contribution is -0.139. The van der Waals surface area contributed by atoms with E-state index in [1.54, 1.807) is 24.3 Å². The van der Waals surface area contributed by atoms with E-state index in [2.05, 4.69) is 0 Å². The lowest BCUT2D eigenvalue weighted by Crippen LogP contribution is -2.37. The van der Waals surface area contributed by atoms with Gasteiger partial charge < -0.3 is 10.00 Å². The summed E-state index contributed by atoms with van der Waals surface area (Å²) in [5.74, 6) is -2.02. The van der Waals surface area contributed by atoms with Crippen LogP contribution in [0, 0.1) is 5.41 Å². The highest BCUT2D eigenvalue weighted by Crippen LogP contribution is 2.58. The van der Waals surface area contributed by atoms with Gasteiger partial charge in [0, 0.05) is 6.16 Å². The monoisotopic (exact) mass is 326 g/mol. The van der Waals surface area contributed by atoms with Crippen molar-refractivity contribution in [3.63, 3.8) is 0 Å². The van der Waals surface area contributed by atoms with Crippen molar-refractivity contribution in [2.75, 3.05) is 6.16 Å². The Morgan fingerprint density at radius 3 is 2.18 bits per heavy atom. The molecule has 0 spiro atoms. The second kappa shape index (κ2) is 7.43. The molecule has 5 heteroatoms. The Kier molecular flexibility index (Phi) is 6.39. The molecule has 0 amide bonds. The molecule has 0 aromatic heterocycles. The van der Waals surface area contributed by atoms with Crippen LogP contribution in [0.3, 0.4) is 0 Å². The Balaban J connectivity index is 3.35. The smallest absolute Gasteiger partial charge is 0.311 e. The first-order valence-electron chi connectivity index (χ1n) is 7.70. The minimum Gasteiger partial charge on any atom is -0.481 e. The highest BCUT2D eigenvalue weighted by Gasteiger charge is 2.48. The average molecular weight is 326 g/mol. The molecule has 0 radical (unpaired) electrons. The topological polar surface area (TPSA) is 74.6 Å². The van der Waals surface area contributed by atoms with E-state index in [0.717, 1.165) is 6.42 Å². The van der Waals surface area contributed by atoms with E-state index in [9.17, 15) is 19.4 Å². The van der Waals surface area contributed by atoms with Gasteiger partial charge in [-0.25, -0.2) is 0 Å². The van der Waals surface area contributed by atoms with Gasteiger partial charge in [0.1, 0.15) is 0 Å². The molecule has 0 bridgehead atoms. The van der Waals surface area contributed by atoms with Gasteiger partial charge in [-0.3, -0.25) is 9.36 Å². The third-order valence-corrected chi connectivity index (χ3v) is 6.79. The Morgan fingerprint density at radius 1 is 1.23 bits per heavy atom. The Bertz CT molecular complexity index is 533. The summed E-state index contributed by atoms with van der Waals surface area (Å²) >= 11 is 0. The normalized spacial score (nSPS) is 17.5. The van der Waals surface area contributed by atoms with Crippen molar-refractivity contribution in [2.24, 2.45) is 5.41 Å². The van der Waals surface area contributed by atoms with Crippen LogP contribution in [0.25, 0.3) is 0 Å². The quantitative estimate of drug-likeness (QED) is 0.731. The van der Waals surface area contributed by atoms with Crippen molar-refractivity contribution < 1.29 is 19.4 Å². The van der Waals surface area contributed by atoms with Crippen LogP contribution in [0.15, 0.2) is 30.3 Å². The summed E-state index contributed by atoms with van der Waals surface area (Å²) in [4.78, 5) is 22.5. The number of unbranched alkanes of at least 4 members (excludes halogenated alkanes) is 1. The second-order valence-corrected chi connectivity index (χ2v) is 9.39. The molecule has 3 atom stereocenters. The van der Waals surface area contributed by atoms with Crippen molar-refractivity contribution in [3.8, 4) is 0 Å². The van der Waals surface area contributed by atoms with Gasteiger partial charge in [-0.2, -0.15) is 0 Å². The molecule has 124 valence electrons. The zero-order valence-electron chi connectivity index (χ0n) is 13.8. The van der Waals surface area contributed by atoms with Gasteiger partial charge in [0.2, 0.25) is 7.37 Å². The molecule has 1 aromatic carbocycles. The lowest BCUT2D eigenvalue weighted by Gasteiger charge is -2.38. The van der Waals surface area contributed by atoms with E-state index in [-0.39, 0.29) is 6.16 Å². The standard InChI is InChI=1S/C17H27O4P/c1-5-6-12-22(20,21)15(17(2,3)4)14(16(18)19)13-10-8-7-9-11-13/h7-11,14-15H,5-6,12H2,1-4H3,(H,18,19)(H,20,21). The molecule has 0 fully saturated rings. The third-order valence-electron chi connectivity index (χ3n) is 3.89. The maximum Gasteiger partial charge on any atom is 0.311 e. The number of carboxylic acid groups (broad SMARTS) is 1. The number of carboxylic acids is 1. The average Bonchev–Trinajstić information content (AvgIpc) is 2.41. The van der Waals surface area contributed by atoms with Gasteiger partial charge in [0.05, 0.1) is 11.6 Å². The fraction of sp³-hybridized carbons (Fsp3) is 0.588. The highest BCUT2D eigenvalue weighted by atomic mass is 31.2. The highest BCUT2D eigenvalue weighted by molar-refractivity contribution is 7.58. The molecule has 2 N–H and O–H groups in total. The first kappa shape index (κ1) is 18.9. The van der Waals surface area contributed by atoms with Gasteiger partial charge in [0.15, 0.2) is 0 Å². The van der Waals surface area contributed by atoms with Crippen LogP contribution in [0.4, 0.5) is 0 Å². The first-order chi connectivity index (χ1) is 10.1. The molecular weight excluding hydrogens is 299 g/mol. The van der Waals surface area contributed by atoms with Crippen LogP contribution in [0.5, 0.6) is 0 Å². The van der Waals surface area contributed by atoms with Crippen molar-refractivity contribution in [2.45, 2.75) is 52.1 Å². The van der Waals surface area contributed by atoms with Crippen molar-refractivity contribution in [1.82, 2.24) is 0 Å². The van der Waals surface area contributed by atoms with E-state index < -0.39 is 30.3 Å². The zero-order chi connectivity index (χ0) is 17.0. The van der Waals surface area contributed by atoms with E-state index in [4.69, 9.17) is 0 Å². The molecule has 22 heavy (non-hydrogen) atoms. The van der Waals surface area contributed by atoms with Crippen LogP contribution in [-0.2, 0) is 9.36 Å². The summed E-state index contributed by atoms with van der Waals surface area (Å²) in [6, 6.07) is 8.78. The van der Waals surface area contributed by atoms with Gasteiger partial charge in [-0.15, -0.1) is 0 Å². The molecule has 1 aromatic rings. The lowest BCUT2D eigenvalue weighted by atomic mass is 9.80. The fourth-order valence-corrected chi connectivity index (χ4v) is 6.01. The maximum atomic E-state index is 12.9. The maximum absolute atomic E-state index is 12.9. The summed E-state index contributed by atoms with van der Waals surface area (Å²) in [6.07, 6.45) is 1.61. The Morgan fingerprint density at radius 2 is 1.77 bits per heavy atom. The number of hydrogen-bond donors (Lipinski definition) is 2. The summed E-state index contributed by atoms with van der Waals surface area (Å²) < 4.78 is 12.9. The summed E-state index contributed by atoms with van der Waals surface area (Å²) in [6.45, 7) is 7.47. The molecule has 3 unspecified atom stereocenters. The molecule has 0 saturated heterocycles. The molecule has 0 aliphatic rings. The third kappa shape index (κ3) is 4.69. The summed E-state index contributed by atoms with van der Waals surface area (Å²) in [5, 5.41) is 9.72. The summed E-state index contributed by atoms with van der Waals surface area (Å²) in [7, 11) is -3.60. The van der Waals surface area contributed by atoms with Gasteiger partial charge >= 0.3 is 5.97 Å². The van der Waals surface area contributed by atoms with E-state index >= 15 is 0 Å². The van der Waals surface area contributed by atoms with Crippen LogP contribution in [-0.4, -0.2) is 27.8 Å². The number of benzene rings is 1. The molecule has 4 nitrogen and oxygen atoms in total. The van der Waals surface area contributed by atoms with E-state index in [0.29, 0.717) is 12.0 Å². The van der Waals surface area contributed by atoms with E-state index in [1.807, 2.05) is 33.8 Å². The first-order valence-corrected chi connectivity index (χ1v) is 9.62. The zero-order valence-corrected chi connectivity index (χ0v) is 14.7. The van der Waals surface area contributed by atoms with Crippen LogP contribution in [0.1, 0.15) is 52.0 Å². The number of rotatable bonds is 7. The van der Waals surface area contributed by atoms with Gasteiger partial charge in [-0.1, -0.05) is 64.4 Å². The van der Waals surface area contributed by atoms with Gasteiger partial charge in [0.25, 0.3) is 0 Å². The second-order valence-electron chi connectivity index (χ2n) is 6.87. The predicted octanol–water partition coefficient (Wildman–Crippen LogP) is 4.34. The van der Waals surface area contributed by atoms with Crippen LogP contribution >= 0.6 is 7.37 Å². The number of carbonyl (C=O) groups is 1. The van der Waals surface area contributed by atoms with Crippen molar-refractivity contribution in [3.05, 3.63) is 35.9 Å². The number of hydrogen-bond acceptors (Lipinski definition) is 2. The largest absolute Gasteiger partial charge is 0.481 e. The summed E-state index contributed by atoms with van der Waals surface area (Å²) in [5.41, 5.74) is -0.816. The van der Waals surface area contributed by atoms with E-state index in [1.165, 1.54) is 0 Å². The Hall–Kier alpha value is -1.12. The Labute approximate surface area is 133 Å². The van der Waals surface area contributed by atoms with Crippen molar-refractivity contribution in [1.29, 1.82) is 0 Å². The minimum absolute atomic E-state index is 0.169. The SMILES string of the molecule is CCCCP(=O)(O)C(C(C(=O)O)c1ccccc1)C(C)(C)C. The van der Waals surface area contributed by atoms with Crippen molar-refractivity contribution >= 4 is 13.3 Å². The molecule has 0 aliphatic carbocycles. The predicted molar refractivity (Wildman–Crippen MR) is 89.7 cm³/mol. The van der Waals surface area contributed by atoms with Crippen LogP contribution in [0.2, 0.25) is 0 Å². The minimum atomic E-state index is -3.60. The van der Waals surface area contributed by atoms with Gasteiger partial charge in [-0.05, 0) is 17.4 Å². The molecule has 0 saturated carbocycles. The molecule has 1 rings (SSSR count). The fourth-order valence-electron chi connectivity index (χ4n) is 2.98. The molecule has 0 heterocycles.